The summed E-state index contributed by atoms with van der Waals surface area (Å²) >= 11 is 1.41. The summed E-state index contributed by atoms with van der Waals surface area (Å²) in [5.41, 5.74) is 3.43. The number of nitrogens with zero attached hydrogens (tertiary/aromatic N) is 2. The number of fused-ring (bicyclic) bond motifs is 2. The fourth-order valence-corrected chi connectivity index (χ4v) is 6.82. The van der Waals surface area contributed by atoms with E-state index < -0.39 is 10.0 Å². The fraction of sp³-hybridized carbons (Fsp3) is 0.333. The molecule has 2 aliphatic rings. The summed E-state index contributed by atoms with van der Waals surface area (Å²) < 4.78 is 40.1. The van der Waals surface area contributed by atoms with E-state index >= 15 is 0 Å². The van der Waals surface area contributed by atoms with Crippen molar-refractivity contribution in [3.63, 3.8) is 0 Å². The van der Waals surface area contributed by atoms with Gasteiger partial charge in [0.2, 0.25) is 5.91 Å². The molecule has 3 heterocycles. The van der Waals surface area contributed by atoms with Crippen molar-refractivity contribution in [3.8, 4) is 21.9 Å². The maximum absolute atomic E-state index is 13.6. The van der Waals surface area contributed by atoms with Crippen LogP contribution in [0.2, 0.25) is 0 Å². The number of hydrogen-bond donors (Lipinski definition) is 1. The number of ether oxygens (including phenoxy) is 2. The molecule has 0 unspecified atom stereocenters. The number of benzene rings is 2. The minimum Gasteiger partial charge on any atom is -0.490 e. The van der Waals surface area contributed by atoms with Crippen molar-refractivity contribution < 1.29 is 22.7 Å². The average Bonchev–Trinajstić information content (AvgIpc) is 3.02. The fourth-order valence-electron chi connectivity index (χ4n) is 4.25. The van der Waals surface area contributed by atoms with Crippen LogP contribution in [0.5, 0.6) is 11.5 Å². The third kappa shape index (κ3) is 4.23. The zero-order valence-electron chi connectivity index (χ0n) is 19.0. The van der Waals surface area contributed by atoms with Gasteiger partial charge in [0, 0.05) is 26.0 Å². The predicted octanol–water partition coefficient (Wildman–Crippen LogP) is 4.38. The zero-order chi connectivity index (χ0) is 23.9. The maximum atomic E-state index is 13.6. The molecule has 0 saturated carbocycles. The highest BCUT2D eigenvalue weighted by Gasteiger charge is 2.30. The van der Waals surface area contributed by atoms with Gasteiger partial charge in [0.05, 0.1) is 34.4 Å². The number of anilines is 2. The number of rotatable bonds is 4. The quantitative estimate of drug-likeness (QED) is 0.572. The van der Waals surface area contributed by atoms with E-state index in [4.69, 9.17) is 9.47 Å². The van der Waals surface area contributed by atoms with E-state index in [1.807, 2.05) is 25.1 Å². The van der Waals surface area contributed by atoms with E-state index in [2.05, 4.69) is 10.3 Å². The molecule has 0 bridgehead atoms. The Hall–Kier alpha value is -3.11. The van der Waals surface area contributed by atoms with E-state index in [9.17, 15) is 13.2 Å². The molecule has 1 N–H and O–H groups in total. The molecule has 1 amide bonds. The molecular weight excluding hydrogens is 474 g/mol. The second kappa shape index (κ2) is 8.92. The summed E-state index contributed by atoms with van der Waals surface area (Å²) in [5.74, 6) is 0.863. The van der Waals surface area contributed by atoms with Crippen LogP contribution >= 0.6 is 11.3 Å². The van der Waals surface area contributed by atoms with Crippen LogP contribution in [0.25, 0.3) is 10.4 Å². The Morgan fingerprint density at radius 3 is 2.68 bits per heavy atom. The van der Waals surface area contributed by atoms with Crippen LogP contribution in [0, 0.1) is 6.92 Å². The number of carbonyl (C=O) groups is 1. The lowest BCUT2D eigenvalue weighted by atomic mass is 10.00. The molecule has 10 heteroatoms. The molecule has 178 valence electrons. The Balaban J connectivity index is 1.48. The van der Waals surface area contributed by atoms with E-state index in [0.717, 1.165) is 41.0 Å². The number of thiazole rings is 1. The number of aromatic nitrogens is 1. The van der Waals surface area contributed by atoms with Crippen LogP contribution in [-0.2, 0) is 21.2 Å². The van der Waals surface area contributed by atoms with Crippen molar-refractivity contribution in [3.05, 3.63) is 47.7 Å². The van der Waals surface area contributed by atoms with Gasteiger partial charge in [0.15, 0.2) is 16.6 Å². The Bertz CT molecular complexity index is 1370. The summed E-state index contributed by atoms with van der Waals surface area (Å²) in [6.45, 7) is 4.80. The number of nitrogens with one attached hydrogen (secondary N) is 1. The zero-order valence-corrected chi connectivity index (χ0v) is 20.6. The first-order valence-corrected chi connectivity index (χ1v) is 13.4. The van der Waals surface area contributed by atoms with Crippen LogP contribution in [0.3, 0.4) is 0 Å². The second-order valence-corrected chi connectivity index (χ2v) is 11.2. The molecule has 0 aliphatic carbocycles. The van der Waals surface area contributed by atoms with Crippen molar-refractivity contribution in [2.24, 2.45) is 0 Å². The molecule has 2 aromatic carbocycles. The Morgan fingerprint density at radius 2 is 1.88 bits per heavy atom. The van der Waals surface area contributed by atoms with Crippen molar-refractivity contribution in [1.82, 2.24) is 4.98 Å². The smallest absolute Gasteiger partial charge is 0.264 e. The van der Waals surface area contributed by atoms with Gasteiger partial charge in [-0.15, -0.1) is 0 Å². The Morgan fingerprint density at radius 1 is 1.09 bits per heavy atom. The lowest BCUT2D eigenvalue weighted by Gasteiger charge is -2.31. The van der Waals surface area contributed by atoms with Crippen molar-refractivity contribution in [1.29, 1.82) is 0 Å². The van der Waals surface area contributed by atoms with Gasteiger partial charge in [0.1, 0.15) is 0 Å². The molecule has 0 atom stereocenters. The number of hydrogen-bond acceptors (Lipinski definition) is 7. The molecular formula is C24H25N3O5S2. The molecule has 0 spiro atoms. The van der Waals surface area contributed by atoms with Gasteiger partial charge in [-0.1, -0.05) is 17.4 Å². The Kier molecular flexibility index (Phi) is 5.95. The van der Waals surface area contributed by atoms with Crippen molar-refractivity contribution in [2.45, 2.75) is 38.0 Å². The first kappa shape index (κ1) is 22.7. The number of carbonyl (C=O) groups excluding carboxylic acids is 1. The van der Waals surface area contributed by atoms with Gasteiger partial charge in [-0.05, 0) is 55.2 Å². The number of sulfonamides is 1. The lowest BCUT2D eigenvalue weighted by Crippen LogP contribution is -2.35. The third-order valence-electron chi connectivity index (χ3n) is 5.80. The van der Waals surface area contributed by atoms with E-state index in [0.29, 0.717) is 42.1 Å². The molecule has 3 aromatic rings. The summed E-state index contributed by atoms with van der Waals surface area (Å²) in [6.07, 6.45) is 2.26. The monoisotopic (exact) mass is 499 g/mol. The molecule has 0 fully saturated rings. The van der Waals surface area contributed by atoms with Gasteiger partial charge in [-0.25, -0.2) is 13.4 Å². The summed E-state index contributed by atoms with van der Waals surface area (Å²) in [6, 6.07) is 10.6. The second-order valence-electron chi connectivity index (χ2n) is 8.30. The summed E-state index contributed by atoms with van der Waals surface area (Å²) in [7, 11) is -3.78. The minimum atomic E-state index is -3.78. The highest BCUT2D eigenvalue weighted by atomic mass is 32.2. The van der Waals surface area contributed by atoms with Gasteiger partial charge < -0.3 is 14.8 Å². The van der Waals surface area contributed by atoms with Crippen LogP contribution in [0.15, 0.2) is 41.3 Å². The molecule has 0 radical (unpaired) electrons. The molecule has 0 saturated heterocycles. The first-order valence-electron chi connectivity index (χ1n) is 11.1. The normalized spacial score (nSPS) is 15.4. The average molecular weight is 500 g/mol. The number of aryl methyl sites for hydroxylation is 2. The highest BCUT2D eigenvalue weighted by molar-refractivity contribution is 7.92. The SMILES string of the molecule is CC(=O)Nc1nc(C)c(-c2ccc3c(c2)CCCN3S(=O)(=O)c2ccc3c(c2)OCCCO3)s1. The lowest BCUT2D eigenvalue weighted by molar-refractivity contribution is -0.114. The molecule has 1 aromatic heterocycles. The van der Waals surface area contributed by atoms with Gasteiger partial charge in [0.25, 0.3) is 10.0 Å². The van der Waals surface area contributed by atoms with Crippen molar-refractivity contribution in [2.75, 3.05) is 29.4 Å². The highest BCUT2D eigenvalue weighted by Crippen LogP contribution is 2.39. The van der Waals surface area contributed by atoms with Crippen LogP contribution in [-0.4, -0.2) is 39.1 Å². The maximum Gasteiger partial charge on any atom is 0.264 e. The van der Waals surface area contributed by atoms with Crippen LogP contribution in [0.4, 0.5) is 10.8 Å². The molecule has 8 nitrogen and oxygen atoms in total. The van der Waals surface area contributed by atoms with Gasteiger partial charge >= 0.3 is 0 Å². The van der Waals surface area contributed by atoms with Crippen LogP contribution in [0.1, 0.15) is 31.0 Å². The topological polar surface area (TPSA) is 97.8 Å². The van der Waals surface area contributed by atoms with E-state index in [-0.39, 0.29) is 10.8 Å². The van der Waals surface area contributed by atoms with E-state index in [1.165, 1.54) is 22.6 Å². The van der Waals surface area contributed by atoms with Gasteiger partial charge in [-0.2, -0.15) is 0 Å². The van der Waals surface area contributed by atoms with Crippen LogP contribution < -0.4 is 19.1 Å². The third-order valence-corrected chi connectivity index (χ3v) is 8.74. The van der Waals surface area contributed by atoms with Crippen molar-refractivity contribution >= 4 is 38.1 Å². The standard InChI is InChI=1S/C24H25N3O5S2/c1-15-23(33-24(25-15)26-16(2)28)18-6-8-20-17(13-18)5-3-10-27(20)34(29,30)19-7-9-21-22(14-19)32-12-4-11-31-21/h6-9,13-14H,3-5,10-12H2,1-2H3,(H,25,26,28). The molecule has 5 rings (SSSR count). The Labute approximate surface area is 202 Å². The summed E-state index contributed by atoms with van der Waals surface area (Å²) in [4.78, 5) is 17.0. The number of amides is 1. The summed E-state index contributed by atoms with van der Waals surface area (Å²) in [5, 5.41) is 3.28. The van der Waals surface area contributed by atoms with E-state index in [1.54, 1.807) is 18.2 Å². The minimum absolute atomic E-state index is 0.165. The largest absolute Gasteiger partial charge is 0.490 e. The van der Waals surface area contributed by atoms with Gasteiger partial charge in [-0.3, -0.25) is 9.10 Å². The first-order chi connectivity index (χ1) is 16.3. The molecule has 34 heavy (non-hydrogen) atoms. The predicted molar refractivity (Wildman–Crippen MR) is 131 cm³/mol. The molecule has 2 aliphatic heterocycles.